The molecule has 0 spiro atoms. The van der Waals surface area contributed by atoms with Gasteiger partial charge in [0.25, 0.3) is 0 Å². The van der Waals surface area contributed by atoms with Gasteiger partial charge < -0.3 is 8.83 Å². The van der Waals surface area contributed by atoms with Crippen LogP contribution in [0, 0.1) is 0 Å². The van der Waals surface area contributed by atoms with Gasteiger partial charge in [-0.25, -0.2) is 0 Å². The highest BCUT2D eigenvalue weighted by atomic mass is 80.9. The first-order valence-corrected chi connectivity index (χ1v) is 18.0. The number of furan rings is 2. The van der Waals surface area contributed by atoms with Gasteiger partial charge in [0, 0.05) is 63.2 Å². The van der Waals surface area contributed by atoms with Gasteiger partial charge in [0.05, 0.1) is 0 Å². The predicted molar refractivity (Wildman–Crippen MR) is 183 cm³/mol. The van der Waals surface area contributed by atoms with Gasteiger partial charge in [-0.2, -0.15) is 0 Å². The fourth-order valence-electron chi connectivity index (χ4n) is 5.09. The molecule has 0 aliphatic carbocycles. The topological polar surface area (TPSA) is 26.3 Å². The maximum atomic E-state index is 5.96. The summed E-state index contributed by atoms with van der Waals surface area (Å²) in [6.07, 6.45) is 0. The van der Waals surface area contributed by atoms with Crippen molar-refractivity contribution in [2.75, 3.05) is 0 Å². The van der Waals surface area contributed by atoms with Crippen LogP contribution in [0.5, 0.6) is 0 Å². The molecule has 2 aromatic heterocycles. The van der Waals surface area contributed by atoms with Gasteiger partial charge in [-0.15, -0.1) is 0 Å². The first-order valence-electron chi connectivity index (χ1n) is 11.9. The molecule has 2 nitrogen and oxygen atoms in total. The molecule has 0 saturated heterocycles. The van der Waals surface area contributed by atoms with Crippen molar-refractivity contribution in [3.63, 3.8) is 0 Å². The van der Waals surface area contributed by atoms with E-state index in [4.69, 9.17) is 8.83 Å². The van der Waals surface area contributed by atoms with E-state index in [1.165, 1.54) is 37.7 Å². The second kappa shape index (κ2) is 11.4. The Labute approximate surface area is 264 Å². The first kappa shape index (κ1) is 27.0. The van der Waals surface area contributed by atoms with Crippen LogP contribution in [0.1, 0.15) is 0 Å². The fraction of sp³-hybridized carbons (Fsp3) is 0. The Kier molecular flexibility index (Phi) is 7.88. The summed E-state index contributed by atoms with van der Waals surface area (Å²) in [5.74, 6) is 0. The van der Waals surface area contributed by atoms with Gasteiger partial charge >= 0.3 is 0 Å². The summed E-state index contributed by atoms with van der Waals surface area (Å²) in [6.45, 7) is 0. The minimum absolute atomic E-state index is 0.910. The van der Waals surface area contributed by atoms with Gasteiger partial charge in [-0.1, -0.05) is 102 Å². The van der Waals surface area contributed by atoms with Crippen molar-refractivity contribution >= 4 is 141 Å². The highest BCUT2D eigenvalue weighted by Gasteiger charge is 2.13. The number of fused-ring (bicyclic) bond motifs is 10. The maximum absolute atomic E-state index is 5.96. The number of halogens is 5. The maximum Gasteiger partial charge on any atom is 0.137 e. The molecule has 0 fully saturated rings. The third-order valence-corrected chi connectivity index (χ3v) is 8.36. The third-order valence-electron chi connectivity index (χ3n) is 6.71. The summed E-state index contributed by atoms with van der Waals surface area (Å²) in [7, 11) is 0. The Morgan fingerprint density at radius 3 is 1.62 bits per heavy atom. The molecule has 7 heteroatoms. The summed E-state index contributed by atoms with van der Waals surface area (Å²) in [4.78, 5) is 0. The second-order valence-corrected chi connectivity index (χ2v) is 11.6. The number of benzene rings is 6. The quantitative estimate of drug-likeness (QED) is 0.152. The zero-order valence-electron chi connectivity index (χ0n) is 20.0. The van der Waals surface area contributed by atoms with Gasteiger partial charge in [-0.3, -0.25) is 0 Å². The molecule has 0 bridgehead atoms. The zero-order valence-corrected chi connectivity index (χ0v) is 28.0. The lowest BCUT2D eigenvalue weighted by molar-refractivity contribution is 0.668. The Hall–Kier alpha value is -2.16. The summed E-state index contributed by atoms with van der Waals surface area (Å²) < 4.78 is 15.0. The van der Waals surface area contributed by atoms with Crippen LogP contribution in [-0.2, 0) is 0 Å². The van der Waals surface area contributed by atoms with Gasteiger partial charge in [0.1, 0.15) is 22.3 Å². The Morgan fingerprint density at radius 1 is 0.410 bits per heavy atom. The van der Waals surface area contributed by atoms with Crippen LogP contribution in [0.25, 0.3) is 65.4 Å². The third kappa shape index (κ3) is 4.97. The Morgan fingerprint density at radius 2 is 0.949 bits per heavy atom. The van der Waals surface area contributed by atoms with Crippen LogP contribution in [0.2, 0.25) is 0 Å². The second-order valence-electron chi connectivity index (χ2n) is 8.92. The van der Waals surface area contributed by atoms with E-state index in [9.17, 15) is 0 Å². The van der Waals surface area contributed by atoms with Crippen LogP contribution in [-0.4, -0.2) is 0 Å². The monoisotopic (exact) mass is 828 g/mol. The smallest absolute Gasteiger partial charge is 0.137 e. The van der Waals surface area contributed by atoms with Crippen molar-refractivity contribution in [1.29, 1.82) is 0 Å². The van der Waals surface area contributed by atoms with E-state index >= 15 is 0 Å². The van der Waals surface area contributed by atoms with Crippen molar-refractivity contribution in [3.8, 4) is 0 Å². The van der Waals surface area contributed by atoms with E-state index in [1.807, 2.05) is 30.3 Å². The Bertz CT molecular complexity index is 2140. The van der Waals surface area contributed by atoms with Crippen molar-refractivity contribution in [2.24, 2.45) is 0 Å². The van der Waals surface area contributed by atoms with Crippen molar-refractivity contribution in [1.82, 2.24) is 0 Å². The molecule has 0 saturated carbocycles. The molecule has 0 amide bonds. The average Bonchev–Trinajstić information content (AvgIpc) is 3.51. The van der Waals surface area contributed by atoms with Crippen LogP contribution in [0.3, 0.4) is 0 Å². The Balaban J connectivity index is 0.000000134. The van der Waals surface area contributed by atoms with Crippen LogP contribution in [0.4, 0.5) is 0 Å². The molecular formula is C32H17Br5O2. The fourth-order valence-corrected chi connectivity index (χ4v) is 6.32. The molecule has 2 heterocycles. The van der Waals surface area contributed by atoms with E-state index in [1.54, 1.807) is 0 Å². The minimum Gasteiger partial charge on any atom is -0.456 e. The summed E-state index contributed by atoms with van der Waals surface area (Å²) >= 11 is 16.1. The van der Waals surface area contributed by atoms with E-state index < -0.39 is 0 Å². The average molecular weight is 833 g/mol. The molecule has 0 atom stereocenters. The van der Waals surface area contributed by atoms with Gasteiger partial charge in [0.15, 0.2) is 0 Å². The van der Waals surface area contributed by atoms with E-state index in [0.717, 1.165) is 41.1 Å². The van der Waals surface area contributed by atoms with E-state index in [-0.39, 0.29) is 0 Å². The molecule has 0 aliphatic heterocycles. The van der Waals surface area contributed by atoms with E-state index in [2.05, 4.69) is 149 Å². The number of hydrogen-bond donors (Lipinski definition) is 0. The van der Waals surface area contributed by atoms with Crippen LogP contribution >= 0.6 is 76.0 Å². The molecular weight excluding hydrogens is 816 g/mol. The standard InChI is InChI=1S/C16H8Br2O.C16H9BrO.Br2/c17-9-5-6-12-14(7-9)19-15-8-13(18)10-3-1-2-4-11(10)16(12)15;17-11-6-7-13-15(9-11)18-14-8-5-10-3-1-2-4-12(10)16(13)14;1-2/h1-8H;1-9H;. The zero-order chi connectivity index (χ0) is 27.1. The SMILES string of the molecule is BrBr.Brc1ccc2c(c1)oc1cc(Br)c3ccccc3c12.Brc1ccc2c(c1)oc1ccc3ccccc3c12. The lowest BCUT2D eigenvalue weighted by Gasteiger charge is -2.01. The molecule has 192 valence electrons. The lowest BCUT2D eigenvalue weighted by atomic mass is 10.0. The summed E-state index contributed by atoms with van der Waals surface area (Å²) in [5.41, 5.74) is 3.70. The van der Waals surface area contributed by atoms with E-state index in [0.29, 0.717) is 0 Å². The normalized spacial score (nSPS) is 11.2. The molecule has 0 unspecified atom stereocenters. The van der Waals surface area contributed by atoms with Crippen molar-refractivity contribution < 1.29 is 8.83 Å². The molecule has 6 aromatic carbocycles. The molecule has 0 N–H and O–H groups in total. The van der Waals surface area contributed by atoms with Crippen molar-refractivity contribution in [3.05, 3.63) is 117 Å². The summed E-state index contributed by atoms with van der Waals surface area (Å²) in [6, 6.07) is 35.3. The number of rotatable bonds is 0. The highest BCUT2D eigenvalue weighted by Crippen LogP contribution is 2.39. The van der Waals surface area contributed by atoms with Crippen LogP contribution < -0.4 is 0 Å². The highest BCUT2D eigenvalue weighted by molar-refractivity contribution is 9.93. The first-order chi connectivity index (χ1) is 19.1. The lowest BCUT2D eigenvalue weighted by Crippen LogP contribution is -1.76. The minimum atomic E-state index is 0.910. The van der Waals surface area contributed by atoms with Crippen molar-refractivity contribution in [2.45, 2.75) is 0 Å². The molecule has 8 rings (SSSR count). The molecule has 39 heavy (non-hydrogen) atoms. The molecule has 8 aromatic rings. The largest absolute Gasteiger partial charge is 0.456 e. The molecule has 0 aliphatic rings. The van der Waals surface area contributed by atoms with Gasteiger partial charge in [0.2, 0.25) is 0 Å². The van der Waals surface area contributed by atoms with Crippen LogP contribution in [0.15, 0.2) is 125 Å². The summed E-state index contributed by atoms with van der Waals surface area (Å²) in [5, 5.41) is 9.63. The number of hydrogen-bond acceptors (Lipinski definition) is 2. The molecule has 0 radical (unpaired) electrons. The van der Waals surface area contributed by atoms with Gasteiger partial charge in [-0.05, 0) is 70.1 Å². The predicted octanol–water partition coefficient (Wildman–Crippen LogP) is 13.5.